The quantitative estimate of drug-likeness (QED) is 0.300. The Labute approximate surface area is 243 Å². The van der Waals surface area contributed by atoms with Gasteiger partial charge in [0.05, 0.1) is 35.6 Å². The number of esters is 2. The van der Waals surface area contributed by atoms with Crippen LogP contribution in [0.1, 0.15) is 71.2 Å². The lowest BCUT2D eigenvalue weighted by Crippen LogP contribution is -2.40. The van der Waals surface area contributed by atoms with Crippen LogP contribution in [0.3, 0.4) is 0 Å². The van der Waals surface area contributed by atoms with Crippen molar-refractivity contribution in [1.29, 1.82) is 0 Å². The lowest BCUT2D eigenvalue weighted by molar-refractivity contribution is -0.140. The van der Waals surface area contributed by atoms with Crippen molar-refractivity contribution >= 4 is 29.4 Å². The molecule has 0 saturated carbocycles. The second-order valence-corrected chi connectivity index (χ2v) is 12.5. The van der Waals surface area contributed by atoms with E-state index in [4.69, 9.17) is 14.2 Å². The first kappa shape index (κ1) is 30.0. The van der Waals surface area contributed by atoms with Crippen LogP contribution in [0, 0.1) is 5.92 Å². The number of methoxy groups -OCH3 is 1. The lowest BCUT2D eigenvalue weighted by Gasteiger charge is -2.25. The van der Waals surface area contributed by atoms with Crippen LogP contribution in [-0.2, 0) is 19.7 Å². The van der Waals surface area contributed by atoms with Crippen molar-refractivity contribution in [3.63, 3.8) is 0 Å². The van der Waals surface area contributed by atoms with Gasteiger partial charge in [-0.3, -0.25) is 14.2 Å². The molecule has 0 aliphatic carbocycles. The highest BCUT2D eigenvalue weighted by atomic mass is 32.1. The molecule has 9 heteroatoms. The number of allylic oxidation sites excluding steroid dienone is 1. The van der Waals surface area contributed by atoms with E-state index in [0.717, 1.165) is 5.56 Å². The third kappa shape index (κ3) is 6.51. The van der Waals surface area contributed by atoms with Gasteiger partial charge in [0, 0.05) is 6.92 Å². The normalized spacial score (nSPS) is 15.4. The van der Waals surface area contributed by atoms with E-state index in [1.165, 1.54) is 35.5 Å². The van der Waals surface area contributed by atoms with Crippen LogP contribution >= 0.6 is 11.3 Å². The zero-order valence-corrected chi connectivity index (χ0v) is 25.5. The summed E-state index contributed by atoms with van der Waals surface area (Å²) in [5, 5.41) is 0. The maximum absolute atomic E-state index is 13.9. The number of carbonyl (C=O) groups excluding carboxylic acids is 2. The fourth-order valence-electron chi connectivity index (χ4n) is 4.54. The Hall–Kier alpha value is -3.98. The molecule has 1 aliphatic rings. The minimum Gasteiger partial charge on any atom is -0.493 e. The van der Waals surface area contributed by atoms with Crippen molar-refractivity contribution < 1.29 is 23.8 Å². The first-order valence-electron chi connectivity index (χ1n) is 13.5. The van der Waals surface area contributed by atoms with Gasteiger partial charge < -0.3 is 14.2 Å². The maximum atomic E-state index is 13.9. The Balaban J connectivity index is 1.89. The molecule has 3 aromatic rings. The van der Waals surface area contributed by atoms with Gasteiger partial charge in [0.15, 0.2) is 16.3 Å². The second-order valence-electron chi connectivity index (χ2n) is 11.5. The van der Waals surface area contributed by atoms with Crippen molar-refractivity contribution in [2.45, 2.75) is 59.9 Å². The van der Waals surface area contributed by atoms with E-state index in [1.54, 1.807) is 25.1 Å². The third-order valence-electron chi connectivity index (χ3n) is 6.62. The van der Waals surface area contributed by atoms with Crippen molar-refractivity contribution in [3.8, 4) is 11.5 Å². The number of nitrogens with zero attached hydrogens (tertiary/aromatic N) is 2. The van der Waals surface area contributed by atoms with Gasteiger partial charge in [-0.05, 0) is 53.2 Å². The molecule has 216 valence electrons. The Morgan fingerprint density at radius 2 is 1.78 bits per heavy atom. The zero-order valence-electron chi connectivity index (χ0n) is 24.7. The Bertz CT molecular complexity index is 1690. The molecule has 0 radical (unpaired) electrons. The average Bonchev–Trinajstić information content (AvgIpc) is 3.20. The average molecular weight is 577 g/mol. The van der Waals surface area contributed by atoms with Crippen molar-refractivity contribution in [2.24, 2.45) is 10.9 Å². The number of thiazole rings is 1. The molecule has 2 aromatic carbocycles. The topological polar surface area (TPSA) is 96.2 Å². The molecule has 0 saturated heterocycles. The number of benzene rings is 2. The van der Waals surface area contributed by atoms with Crippen LogP contribution < -0.4 is 24.4 Å². The fraction of sp³-hybridized carbons (Fsp3) is 0.375. The van der Waals surface area contributed by atoms with Gasteiger partial charge in [-0.25, -0.2) is 9.79 Å². The summed E-state index contributed by atoms with van der Waals surface area (Å²) in [6, 6.07) is 12.3. The molecule has 41 heavy (non-hydrogen) atoms. The molecule has 0 fully saturated rings. The Kier molecular flexibility index (Phi) is 8.68. The largest absolute Gasteiger partial charge is 0.493 e. The molecule has 0 amide bonds. The summed E-state index contributed by atoms with van der Waals surface area (Å²) < 4.78 is 18.4. The molecule has 1 unspecified atom stereocenters. The molecule has 0 spiro atoms. The highest BCUT2D eigenvalue weighted by molar-refractivity contribution is 7.07. The highest BCUT2D eigenvalue weighted by Gasteiger charge is 2.34. The number of rotatable bonds is 7. The van der Waals surface area contributed by atoms with Crippen molar-refractivity contribution in [3.05, 3.63) is 90.1 Å². The molecule has 1 aliphatic heterocycles. The summed E-state index contributed by atoms with van der Waals surface area (Å²) in [5.41, 5.74) is 3.15. The van der Waals surface area contributed by atoms with Crippen molar-refractivity contribution in [1.82, 2.24) is 4.57 Å². The number of hydrogen-bond donors (Lipinski definition) is 0. The first-order valence-corrected chi connectivity index (χ1v) is 14.3. The second kappa shape index (κ2) is 11.9. The van der Waals surface area contributed by atoms with E-state index in [0.29, 0.717) is 26.3 Å². The number of carbonyl (C=O) groups is 2. The summed E-state index contributed by atoms with van der Waals surface area (Å²) in [4.78, 5) is 44.1. The zero-order chi connectivity index (χ0) is 30.1. The maximum Gasteiger partial charge on any atom is 0.338 e. The molecular weight excluding hydrogens is 540 g/mol. The molecule has 1 atom stereocenters. The molecule has 4 rings (SSSR count). The first-order chi connectivity index (χ1) is 19.3. The van der Waals surface area contributed by atoms with E-state index in [9.17, 15) is 14.4 Å². The third-order valence-corrected chi connectivity index (χ3v) is 7.60. The molecule has 1 aromatic heterocycles. The van der Waals surface area contributed by atoms with Gasteiger partial charge in [0.2, 0.25) is 0 Å². The van der Waals surface area contributed by atoms with Crippen LogP contribution in [0.25, 0.3) is 6.08 Å². The smallest absolute Gasteiger partial charge is 0.338 e. The summed E-state index contributed by atoms with van der Waals surface area (Å²) >= 11 is 1.26. The van der Waals surface area contributed by atoms with Gasteiger partial charge in [-0.1, -0.05) is 76.3 Å². The van der Waals surface area contributed by atoms with Crippen LogP contribution in [0.2, 0.25) is 0 Å². The standard InChI is InChI=1S/C32H36N2O6S/c1-18(2)17-39-30(37)27-19(3)33-31-34(28(27)22-11-14-24(40-20(4)35)25(16-22)38-8)29(36)26(41-31)15-21-9-12-23(13-10-21)32(5,6)7/h9-16,18,28H,17H2,1-8H3/b26-15+. The Morgan fingerprint density at radius 1 is 1.10 bits per heavy atom. The fourth-order valence-corrected chi connectivity index (χ4v) is 5.59. The number of fused-ring (bicyclic) bond motifs is 1. The van der Waals surface area contributed by atoms with Crippen LogP contribution in [0.15, 0.2) is 63.5 Å². The van der Waals surface area contributed by atoms with E-state index in [1.807, 2.05) is 32.1 Å². The SMILES string of the molecule is COc1cc(C2C(C(=O)OCC(C)C)=C(C)N=c3s/c(=C/c4ccc(C(C)(C)C)cc4)c(=O)n32)ccc1OC(C)=O. The number of hydrogen-bond acceptors (Lipinski definition) is 8. The van der Waals surface area contributed by atoms with Gasteiger partial charge in [-0.15, -0.1) is 0 Å². The van der Waals surface area contributed by atoms with Gasteiger partial charge in [0.1, 0.15) is 0 Å². The molecular formula is C32H36N2O6S. The van der Waals surface area contributed by atoms with E-state index < -0.39 is 18.0 Å². The highest BCUT2D eigenvalue weighted by Crippen LogP contribution is 2.36. The minimum atomic E-state index is -0.823. The van der Waals surface area contributed by atoms with Crippen LogP contribution in [-0.4, -0.2) is 30.2 Å². The van der Waals surface area contributed by atoms with Crippen molar-refractivity contribution in [2.75, 3.05) is 13.7 Å². The van der Waals surface area contributed by atoms with Crippen LogP contribution in [0.4, 0.5) is 0 Å². The summed E-state index contributed by atoms with van der Waals surface area (Å²) in [5.74, 6) is -0.372. The summed E-state index contributed by atoms with van der Waals surface area (Å²) in [7, 11) is 1.46. The van der Waals surface area contributed by atoms with Gasteiger partial charge in [0.25, 0.3) is 5.56 Å². The molecule has 8 nitrogen and oxygen atoms in total. The van der Waals surface area contributed by atoms with Gasteiger partial charge >= 0.3 is 11.9 Å². The van der Waals surface area contributed by atoms with E-state index in [2.05, 4.69) is 37.9 Å². The predicted molar refractivity (Wildman–Crippen MR) is 159 cm³/mol. The predicted octanol–water partition coefficient (Wildman–Crippen LogP) is 4.67. The summed E-state index contributed by atoms with van der Waals surface area (Å²) in [6.07, 6.45) is 1.84. The number of aromatic nitrogens is 1. The Morgan fingerprint density at radius 3 is 2.37 bits per heavy atom. The van der Waals surface area contributed by atoms with Gasteiger partial charge in [-0.2, -0.15) is 0 Å². The molecule has 0 bridgehead atoms. The molecule has 2 heterocycles. The monoisotopic (exact) mass is 576 g/mol. The van der Waals surface area contributed by atoms with E-state index in [-0.39, 0.29) is 34.8 Å². The molecule has 0 N–H and O–H groups in total. The number of ether oxygens (including phenoxy) is 3. The summed E-state index contributed by atoms with van der Waals surface area (Å²) in [6.45, 7) is 13.6. The lowest BCUT2D eigenvalue weighted by atomic mass is 9.87. The minimum absolute atomic E-state index is 0.0159. The van der Waals surface area contributed by atoms with E-state index >= 15 is 0 Å². The van der Waals surface area contributed by atoms with Crippen LogP contribution in [0.5, 0.6) is 11.5 Å².